The summed E-state index contributed by atoms with van der Waals surface area (Å²) in [5, 5.41) is 0. The van der Waals surface area contributed by atoms with Crippen molar-refractivity contribution < 1.29 is 9.53 Å². The Labute approximate surface area is 88.7 Å². The third kappa shape index (κ3) is 2.52. The largest absolute Gasteiger partial charge is 0.475 e. The number of aldehydes is 1. The Morgan fingerprint density at radius 1 is 1.47 bits per heavy atom. The molecule has 1 heterocycles. The van der Waals surface area contributed by atoms with Crippen molar-refractivity contribution in [2.24, 2.45) is 0 Å². The van der Waals surface area contributed by atoms with Gasteiger partial charge in [-0.2, -0.15) is 4.98 Å². The quantitative estimate of drug-likeness (QED) is 0.706. The zero-order valence-electron chi connectivity index (χ0n) is 8.93. The van der Waals surface area contributed by atoms with E-state index >= 15 is 0 Å². The molecule has 80 valence electrons. The molecule has 0 N–H and O–H groups in total. The summed E-state index contributed by atoms with van der Waals surface area (Å²) < 4.78 is 5.47. The van der Waals surface area contributed by atoms with Crippen LogP contribution in [0.1, 0.15) is 48.9 Å². The minimum atomic E-state index is 0.0615. The summed E-state index contributed by atoms with van der Waals surface area (Å²) in [6.45, 7) is 3.86. The Morgan fingerprint density at radius 2 is 2.20 bits per heavy atom. The van der Waals surface area contributed by atoms with Crippen LogP contribution in [0.25, 0.3) is 0 Å². The zero-order chi connectivity index (χ0) is 10.8. The highest BCUT2D eigenvalue weighted by Crippen LogP contribution is 2.39. The van der Waals surface area contributed by atoms with E-state index in [-0.39, 0.29) is 11.9 Å². The van der Waals surface area contributed by atoms with E-state index in [1.807, 2.05) is 19.9 Å². The Morgan fingerprint density at radius 3 is 2.73 bits per heavy atom. The molecule has 2 rings (SSSR count). The van der Waals surface area contributed by atoms with E-state index in [9.17, 15) is 4.79 Å². The maximum Gasteiger partial charge on any atom is 0.217 e. The number of ether oxygens (including phenoxy) is 1. The molecule has 0 aliphatic heterocycles. The van der Waals surface area contributed by atoms with Crippen LogP contribution in [0.3, 0.4) is 0 Å². The Kier molecular flexibility index (Phi) is 2.66. The average Bonchev–Trinajstić information content (AvgIpc) is 2.99. The monoisotopic (exact) mass is 206 g/mol. The van der Waals surface area contributed by atoms with Gasteiger partial charge in [-0.15, -0.1) is 0 Å². The molecule has 0 unspecified atom stereocenters. The second-order valence-corrected chi connectivity index (χ2v) is 4.05. The lowest BCUT2D eigenvalue weighted by Crippen LogP contribution is -2.09. The number of carbonyl (C=O) groups is 1. The topological polar surface area (TPSA) is 52.1 Å². The van der Waals surface area contributed by atoms with Gasteiger partial charge in [-0.3, -0.25) is 4.79 Å². The molecule has 4 heteroatoms. The fourth-order valence-corrected chi connectivity index (χ4v) is 1.40. The summed E-state index contributed by atoms with van der Waals surface area (Å²) in [6, 6.07) is 1.84. The van der Waals surface area contributed by atoms with Crippen LogP contribution in [0.2, 0.25) is 0 Å². The van der Waals surface area contributed by atoms with E-state index in [0.717, 1.165) is 18.5 Å². The summed E-state index contributed by atoms with van der Waals surface area (Å²) in [6.07, 6.45) is 3.03. The normalized spacial score (nSPS) is 15.4. The van der Waals surface area contributed by atoms with Crippen molar-refractivity contribution in [2.75, 3.05) is 0 Å². The third-order valence-electron chi connectivity index (χ3n) is 2.20. The standard InChI is InChI=1S/C11H14N2O2/c1-7(2)15-11-5-9(8-3-4-8)12-10(6-14)13-11/h5-8H,3-4H2,1-2H3. The molecule has 15 heavy (non-hydrogen) atoms. The van der Waals surface area contributed by atoms with E-state index in [2.05, 4.69) is 9.97 Å². The molecule has 0 bridgehead atoms. The molecule has 1 saturated carbocycles. The SMILES string of the molecule is CC(C)Oc1cc(C2CC2)nc(C=O)n1. The minimum absolute atomic E-state index is 0.0615. The van der Waals surface area contributed by atoms with Gasteiger partial charge in [0.2, 0.25) is 5.88 Å². The molecule has 0 radical (unpaired) electrons. The van der Waals surface area contributed by atoms with E-state index in [0.29, 0.717) is 18.1 Å². The summed E-state index contributed by atoms with van der Waals surface area (Å²) >= 11 is 0. The highest BCUT2D eigenvalue weighted by molar-refractivity contribution is 5.69. The number of hydrogen-bond acceptors (Lipinski definition) is 4. The van der Waals surface area contributed by atoms with Crippen LogP contribution in [0, 0.1) is 0 Å². The first-order chi connectivity index (χ1) is 7.19. The van der Waals surface area contributed by atoms with Gasteiger partial charge in [-0.05, 0) is 26.7 Å². The summed E-state index contributed by atoms with van der Waals surface area (Å²) in [5.41, 5.74) is 0.933. The van der Waals surface area contributed by atoms with Crippen molar-refractivity contribution in [3.63, 3.8) is 0 Å². The molecule has 0 spiro atoms. The molecule has 1 aliphatic carbocycles. The molecule has 1 aromatic rings. The zero-order valence-corrected chi connectivity index (χ0v) is 8.93. The molecule has 0 atom stereocenters. The van der Waals surface area contributed by atoms with Crippen molar-refractivity contribution in [1.82, 2.24) is 9.97 Å². The predicted octanol–water partition coefficient (Wildman–Crippen LogP) is 1.95. The molecule has 0 amide bonds. The summed E-state index contributed by atoms with van der Waals surface area (Å²) in [7, 11) is 0. The number of rotatable bonds is 4. The molecule has 0 aromatic carbocycles. The maximum absolute atomic E-state index is 10.7. The molecular weight excluding hydrogens is 192 g/mol. The van der Waals surface area contributed by atoms with Crippen molar-refractivity contribution in [1.29, 1.82) is 0 Å². The average molecular weight is 206 g/mol. The van der Waals surface area contributed by atoms with Crippen LogP contribution in [-0.2, 0) is 0 Å². The lowest BCUT2D eigenvalue weighted by molar-refractivity contribution is 0.111. The Balaban J connectivity index is 2.28. The highest BCUT2D eigenvalue weighted by atomic mass is 16.5. The van der Waals surface area contributed by atoms with E-state index in [1.165, 1.54) is 0 Å². The van der Waals surface area contributed by atoms with Gasteiger partial charge in [0.15, 0.2) is 12.1 Å². The molecule has 0 saturated heterocycles. The van der Waals surface area contributed by atoms with Gasteiger partial charge in [0, 0.05) is 12.0 Å². The first-order valence-electron chi connectivity index (χ1n) is 5.20. The smallest absolute Gasteiger partial charge is 0.217 e. The summed E-state index contributed by atoms with van der Waals surface area (Å²) in [5.74, 6) is 1.22. The molecule has 4 nitrogen and oxygen atoms in total. The molecular formula is C11H14N2O2. The lowest BCUT2D eigenvalue weighted by Gasteiger charge is -2.09. The van der Waals surface area contributed by atoms with Crippen LogP contribution in [-0.4, -0.2) is 22.4 Å². The first-order valence-corrected chi connectivity index (χ1v) is 5.20. The molecule has 1 aliphatic rings. The van der Waals surface area contributed by atoms with E-state index in [4.69, 9.17) is 4.74 Å². The number of nitrogens with zero attached hydrogens (tertiary/aromatic N) is 2. The van der Waals surface area contributed by atoms with Crippen molar-refractivity contribution in [2.45, 2.75) is 38.7 Å². The van der Waals surface area contributed by atoms with Gasteiger partial charge >= 0.3 is 0 Å². The van der Waals surface area contributed by atoms with Crippen LogP contribution in [0.15, 0.2) is 6.07 Å². The molecule has 1 fully saturated rings. The number of aromatic nitrogens is 2. The van der Waals surface area contributed by atoms with Gasteiger partial charge in [0.05, 0.1) is 11.8 Å². The number of hydrogen-bond donors (Lipinski definition) is 0. The highest BCUT2D eigenvalue weighted by Gasteiger charge is 2.26. The van der Waals surface area contributed by atoms with E-state index in [1.54, 1.807) is 0 Å². The Bertz CT molecular complexity index is 373. The molecule has 1 aromatic heterocycles. The van der Waals surface area contributed by atoms with Crippen molar-refractivity contribution in [3.05, 3.63) is 17.6 Å². The van der Waals surface area contributed by atoms with Crippen LogP contribution < -0.4 is 4.74 Å². The van der Waals surface area contributed by atoms with Gasteiger partial charge in [0.25, 0.3) is 0 Å². The van der Waals surface area contributed by atoms with Crippen molar-refractivity contribution in [3.8, 4) is 5.88 Å². The third-order valence-corrected chi connectivity index (χ3v) is 2.20. The summed E-state index contributed by atoms with van der Waals surface area (Å²) in [4.78, 5) is 18.8. The second kappa shape index (κ2) is 3.96. The van der Waals surface area contributed by atoms with Gasteiger partial charge in [0.1, 0.15) is 0 Å². The maximum atomic E-state index is 10.7. The first kappa shape index (κ1) is 10.1. The van der Waals surface area contributed by atoms with Crippen molar-refractivity contribution >= 4 is 6.29 Å². The fraction of sp³-hybridized carbons (Fsp3) is 0.545. The fourth-order valence-electron chi connectivity index (χ4n) is 1.40. The lowest BCUT2D eigenvalue weighted by atomic mass is 10.3. The number of carbonyl (C=O) groups excluding carboxylic acids is 1. The van der Waals surface area contributed by atoms with Crippen LogP contribution in [0.4, 0.5) is 0 Å². The Hall–Kier alpha value is -1.45. The predicted molar refractivity (Wildman–Crippen MR) is 55.2 cm³/mol. The second-order valence-electron chi connectivity index (χ2n) is 4.05. The van der Waals surface area contributed by atoms with Gasteiger partial charge in [-0.25, -0.2) is 4.98 Å². The van der Waals surface area contributed by atoms with Gasteiger partial charge < -0.3 is 4.74 Å². The van der Waals surface area contributed by atoms with E-state index < -0.39 is 0 Å². The van der Waals surface area contributed by atoms with Crippen LogP contribution in [0.5, 0.6) is 5.88 Å². The minimum Gasteiger partial charge on any atom is -0.475 e. The van der Waals surface area contributed by atoms with Crippen LogP contribution >= 0.6 is 0 Å². The van der Waals surface area contributed by atoms with Gasteiger partial charge in [-0.1, -0.05) is 0 Å².